The van der Waals surface area contributed by atoms with Crippen molar-refractivity contribution in [3.8, 4) is 0 Å². The summed E-state index contributed by atoms with van der Waals surface area (Å²) in [5.74, 6) is 0.638. The molecular formula is C11H24BrNO. The molecule has 0 aliphatic heterocycles. The molecule has 0 saturated heterocycles. The molecule has 0 heterocycles. The minimum atomic E-state index is 0.607. The zero-order chi connectivity index (χ0) is 11.0. The maximum absolute atomic E-state index is 5.57. The Kier molecular flexibility index (Phi) is 8.94. The Balaban J connectivity index is 3.50. The number of nitrogens with zero attached hydrogens (tertiary/aromatic N) is 1. The second-order valence-corrected chi connectivity index (χ2v) is 5.08. The lowest BCUT2D eigenvalue weighted by molar-refractivity contribution is 0.0790. The van der Waals surface area contributed by atoms with Crippen molar-refractivity contribution in [2.45, 2.75) is 33.7 Å². The molecule has 0 aliphatic rings. The van der Waals surface area contributed by atoms with Crippen LogP contribution in [0.3, 0.4) is 0 Å². The van der Waals surface area contributed by atoms with Gasteiger partial charge < -0.3 is 4.74 Å². The molecule has 86 valence electrons. The van der Waals surface area contributed by atoms with Gasteiger partial charge >= 0.3 is 0 Å². The summed E-state index contributed by atoms with van der Waals surface area (Å²) in [5.41, 5.74) is 0. The molecule has 0 bridgehead atoms. The van der Waals surface area contributed by atoms with Gasteiger partial charge in [-0.15, -0.1) is 0 Å². The standard InChI is InChI=1S/C11H24BrNO/c1-10(2)9-14-8-7-13(6-5-12)11(3)4/h10-11H,5-9H2,1-4H3. The molecule has 0 saturated carbocycles. The molecule has 0 fully saturated rings. The van der Waals surface area contributed by atoms with E-state index in [9.17, 15) is 0 Å². The molecule has 0 aromatic heterocycles. The van der Waals surface area contributed by atoms with Crippen molar-refractivity contribution in [3.05, 3.63) is 0 Å². The minimum Gasteiger partial charge on any atom is -0.380 e. The van der Waals surface area contributed by atoms with E-state index in [-0.39, 0.29) is 0 Å². The number of alkyl halides is 1. The molecule has 0 rings (SSSR count). The van der Waals surface area contributed by atoms with Gasteiger partial charge in [-0.2, -0.15) is 0 Å². The SMILES string of the molecule is CC(C)COCCN(CCBr)C(C)C. The van der Waals surface area contributed by atoms with Crippen LogP contribution in [0, 0.1) is 5.92 Å². The summed E-state index contributed by atoms with van der Waals surface area (Å²) in [6.07, 6.45) is 0. The van der Waals surface area contributed by atoms with Crippen LogP contribution in [0.15, 0.2) is 0 Å². The normalized spacial score (nSPS) is 12.0. The van der Waals surface area contributed by atoms with Gasteiger partial charge in [0.15, 0.2) is 0 Å². The van der Waals surface area contributed by atoms with Gasteiger partial charge in [-0.25, -0.2) is 0 Å². The second kappa shape index (κ2) is 8.69. The van der Waals surface area contributed by atoms with Crippen molar-refractivity contribution < 1.29 is 4.74 Å². The van der Waals surface area contributed by atoms with E-state index < -0.39 is 0 Å². The van der Waals surface area contributed by atoms with E-state index in [0.29, 0.717) is 12.0 Å². The van der Waals surface area contributed by atoms with E-state index in [1.807, 2.05) is 0 Å². The zero-order valence-electron chi connectivity index (χ0n) is 9.92. The number of hydrogen-bond donors (Lipinski definition) is 0. The first-order chi connectivity index (χ1) is 6.57. The molecule has 3 heteroatoms. The summed E-state index contributed by atoms with van der Waals surface area (Å²) in [7, 11) is 0. The van der Waals surface area contributed by atoms with Crippen LogP contribution < -0.4 is 0 Å². The number of hydrogen-bond acceptors (Lipinski definition) is 2. The molecule has 0 radical (unpaired) electrons. The topological polar surface area (TPSA) is 12.5 Å². The molecule has 2 nitrogen and oxygen atoms in total. The highest BCUT2D eigenvalue weighted by Crippen LogP contribution is 2.00. The summed E-state index contributed by atoms with van der Waals surface area (Å²) < 4.78 is 5.57. The van der Waals surface area contributed by atoms with Gasteiger partial charge in [0.25, 0.3) is 0 Å². The van der Waals surface area contributed by atoms with E-state index in [2.05, 4.69) is 48.5 Å². The van der Waals surface area contributed by atoms with Crippen LogP contribution in [0.1, 0.15) is 27.7 Å². The predicted molar refractivity (Wildman–Crippen MR) is 66.2 cm³/mol. The van der Waals surface area contributed by atoms with Crippen LogP contribution >= 0.6 is 15.9 Å². The van der Waals surface area contributed by atoms with Gasteiger partial charge in [-0.3, -0.25) is 4.90 Å². The second-order valence-electron chi connectivity index (χ2n) is 4.29. The first-order valence-corrected chi connectivity index (χ1v) is 6.57. The van der Waals surface area contributed by atoms with Crippen molar-refractivity contribution in [2.75, 3.05) is 31.6 Å². The molecule has 0 amide bonds. The van der Waals surface area contributed by atoms with Gasteiger partial charge in [0.05, 0.1) is 6.61 Å². The average Bonchev–Trinajstić information content (AvgIpc) is 2.09. The summed E-state index contributed by atoms with van der Waals surface area (Å²) in [5, 5.41) is 1.04. The quantitative estimate of drug-likeness (QED) is 0.495. The maximum Gasteiger partial charge on any atom is 0.0593 e. The molecule has 0 spiro atoms. The zero-order valence-corrected chi connectivity index (χ0v) is 11.5. The predicted octanol–water partition coefficient (Wildman–Crippen LogP) is 2.76. The third-order valence-corrected chi connectivity index (χ3v) is 2.43. The van der Waals surface area contributed by atoms with Crippen LogP contribution in [0.5, 0.6) is 0 Å². The minimum absolute atomic E-state index is 0.607. The van der Waals surface area contributed by atoms with Gasteiger partial charge in [0, 0.05) is 31.1 Å². The Hall–Kier alpha value is 0.400. The molecule has 0 aliphatic carbocycles. The Bertz CT molecular complexity index is 128. The third kappa shape index (κ3) is 7.77. The third-order valence-electron chi connectivity index (χ3n) is 2.08. The van der Waals surface area contributed by atoms with Gasteiger partial charge in [-0.1, -0.05) is 29.8 Å². The summed E-state index contributed by atoms with van der Waals surface area (Å²) in [6.45, 7) is 12.7. The molecule has 0 N–H and O–H groups in total. The smallest absolute Gasteiger partial charge is 0.0593 e. The highest BCUT2D eigenvalue weighted by Gasteiger charge is 2.07. The highest BCUT2D eigenvalue weighted by atomic mass is 79.9. The average molecular weight is 266 g/mol. The van der Waals surface area contributed by atoms with Crippen LogP contribution in [-0.2, 0) is 4.74 Å². The summed E-state index contributed by atoms with van der Waals surface area (Å²) in [6, 6.07) is 0.607. The van der Waals surface area contributed by atoms with Crippen molar-refractivity contribution in [3.63, 3.8) is 0 Å². The fraction of sp³-hybridized carbons (Fsp3) is 1.00. The van der Waals surface area contributed by atoms with Crippen molar-refractivity contribution in [1.29, 1.82) is 0 Å². The van der Waals surface area contributed by atoms with Crippen molar-refractivity contribution in [2.24, 2.45) is 5.92 Å². The van der Waals surface area contributed by atoms with E-state index in [4.69, 9.17) is 4.74 Å². The van der Waals surface area contributed by atoms with Gasteiger partial charge in [0.2, 0.25) is 0 Å². The van der Waals surface area contributed by atoms with E-state index in [0.717, 1.165) is 31.6 Å². The lowest BCUT2D eigenvalue weighted by atomic mass is 10.2. The first-order valence-electron chi connectivity index (χ1n) is 5.45. The lowest BCUT2D eigenvalue weighted by Crippen LogP contribution is -2.35. The van der Waals surface area contributed by atoms with Crippen molar-refractivity contribution >= 4 is 15.9 Å². The molecule has 0 unspecified atom stereocenters. The van der Waals surface area contributed by atoms with Gasteiger partial charge in [-0.05, 0) is 19.8 Å². The van der Waals surface area contributed by atoms with E-state index in [1.54, 1.807) is 0 Å². The van der Waals surface area contributed by atoms with Crippen molar-refractivity contribution in [1.82, 2.24) is 4.90 Å². The number of halogens is 1. The van der Waals surface area contributed by atoms with Crippen LogP contribution in [0.25, 0.3) is 0 Å². The number of rotatable bonds is 8. The van der Waals surface area contributed by atoms with Crippen LogP contribution in [0.4, 0.5) is 0 Å². The Morgan fingerprint density at radius 2 is 1.79 bits per heavy atom. The fourth-order valence-corrected chi connectivity index (χ4v) is 1.69. The first kappa shape index (κ1) is 14.4. The van der Waals surface area contributed by atoms with Crippen LogP contribution in [-0.4, -0.2) is 42.6 Å². The van der Waals surface area contributed by atoms with E-state index in [1.165, 1.54) is 0 Å². The molecule has 0 atom stereocenters. The monoisotopic (exact) mass is 265 g/mol. The maximum atomic E-state index is 5.57. The molecule has 0 aromatic rings. The Morgan fingerprint density at radius 3 is 2.21 bits per heavy atom. The summed E-state index contributed by atoms with van der Waals surface area (Å²) >= 11 is 3.47. The fourth-order valence-electron chi connectivity index (χ4n) is 1.24. The molecular weight excluding hydrogens is 242 g/mol. The Morgan fingerprint density at radius 1 is 1.14 bits per heavy atom. The van der Waals surface area contributed by atoms with Crippen LogP contribution in [0.2, 0.25) is 0 Å². The molecule has 14 heavy (non-hydrogen) atoms. The Labute approximate surface area is 97.1 Å². The lowest BCUT2D eigenvalue weighted by Gasteiger charge is -2.25. The summed E-state index contributed by atoms with van der Waals surface area (Å²) in [4.78, 5) is 2.43. The number of ether oxygens (including phenoxy) is 1. The molecule has 0 aromatic carbocycles. The largest absolute Gasteiger partial charge is 0.380 e. The highest BCUT2D eigenvalue weighted by molar-refractivity contribution is 9.09. The van der Waals surface area contributed by atoms with Gasteiger partial charge in [0.1, 0.15) is 0 Å². The van der Waals surface area contributed by atoms with E-state index >= 15 is 0 Å².